The standard InChI is InChI=1S/C11H12FN3O2/c1-13-10-4-2-3-9(12)8(10)7-17-11-5-6-15(16)14-11/h2-6,13,16H,7H2,1H3. The summed E-state index contributed by atoms with van der Waals surface area (Å²) in [6, 6.07) is 6.23. The highest BCUT2D eigenvalue weighted by Gasteiger charge is 2.09. The highest BCUT2D eigenvalue weighted by atomic mass is 19.1. The maximum Gasteiger partial charge on any atom is 0.236 e. The summed E-state index contributed by atoms with van der Waals surface area (Å²) in [7, 11) is 1.71. The first-order valence-corrected chi connectivity index (χ1v) is 5.03. The van der Waals surface area contributed by atoms with Crippen LogP contribution in [0.25, 0.3) is 0 Å². The normalized spacial score (nSPS) is 10.2. The summed E-state index contributed by atoms with van der Waals surface area (Å²) in [5.41, 5.74) is 1.08. The van der Waals surface area contributed by atoms with Gasteiger partial charge in [-0.25, -0.2) is 4.39 Å². The molecule has 0 radical (unpaired) electrons. The van der Waals surface area contributed by atoms with Crippen molar-refractivity contribution < 1.29 is 14.3 Å². The molecule has 0 aliphatic heterocycles. The number of nitrogens with zero attached hydrogens (tertiary/aromatic N) is 2. The van der Waals surface area contributed by atoms with E-state index in [4.69, 9.17) is 9.94 Å². The van der Waals surface area contributed by atoms with E-state index < -0.39 is 0 Å². The van der Waals surface area contributed by atoms with E-state index in [1.807, 2.05) is 0 Å². The molecule has 5 nitrogen and oxygen atoms in total. The Morgan fingerprint density at radius 1 is 1.47 bits per heavy atom. The fraction of sp³-hybridized carbons (Fsp3) is 0.182. The molecule has 1 aromatic heterocycles. The second-order valence-electron chi connectivity index (χ2n) is 3.38. The molecule has 2 rings (SSSR count). The summed E-state index contributed by atoms with van der Waals surface area (Å²) in [5.74, 6) is -0.113. The quantitative estimate of drug-likeness (QED) is 0.797. The topological polar surface area (TPSA) is 59.3 Å². The molecule has 0 bridgehead atoms. The maximum atomic E-state index is 13.6. The van der Waals surface area contributed by atoms with E-state index in [2.05, 4.69) is 10.4 Å². The molecular formula is C11H12FN3O2. The molecule has 0 atom stereocenters. The van der Waals surface area contributed by atoms with Gasteiger partial charge in [0.15, 0.2) is 0 Å². The van der Waals surface area contributed by atoms with Crippen molar-refractivity contribution in [1.29, 1.82) is 0 Å². The van der Waals surface area contributed by atoms with Gasteiger partial charge in [0.2, 0.25) is 5.88 Å². The maximum absolute atomic E-state index is 13.6. The van der Waals surface area contributed by atoms with Gasteiger partial charge >= 0.3 is 0 Å². The molecule has 0 saturated carbocycles. The van der Waals surface area contributed by atoms with Crippen molar-refractivity contribution in [2.24, 2.45) is 0 Å². The molecule has 17 heavy (non-hydrogen) atoms. The van der Waals surface area contributed by atoms with Crippen LogP contribution in [0.3, 0.4) is 0 Å². The number of hydrogen-bond donors (Lipinski definition) is 2. The number of hydrogen-bond acceptors (Lipinski definition) is 4. The van der Waals surface area contributed by atoms with Gasteiger partial charge in [0.1, 0.15) is 12.4 Å². The summed E-state index contributed by atoms with van der Waals surface area (Å²) in [4.78, 5) is 0.635. The van der Waals surface area contributed by atoms with Crippen molar-refractivity contribution in [3.8, 4) is 5.88 Å². The average molecular weight is 237 g/mol. The van der Waals surface area contributed by atoms with Gasteiger partial charge in [-0.2, -0.15) is 0 Å². The van der Waals surface area contributed by atoms with Gasteiger partial charge in [0.25, 0.3) is 0 Å². The molecule has 0 spiro atoms. The molecule has 6 heteroatoms. The Hall–Kier alpha value is -2.24. The molecule has 0 amide bonds. The lowest BCUT2D eigenvalue weighted by atomic mass is 10.2. The summed E-state index contributed by atoms with van der Waals surface area (Å²) < 4.78 is 18.8. The fourth-order valence-corrected chi connectivity index (χ4v) is 1.46. The van der Waals surface area contributed by atoms with Gasteiger partial charge in [-0.05, 0) is 12.1 Å². The lowest BCUT2D eigenvalue weighted by Crippen LogP contribution is -2.04. The molecule has 0 aliphatic rings. The van der Waals surface area contributed by atoms with Crippen LogP contribution in [0.2, 0.25) is 0 Å². The third kappa shape index (κ3) is 2.47. The molecule has 90 valence electrons. The van der Waals surface area contributed by atoms with Crippen molar-refractivity contribution in [3.63, 3.8) is 0 Å². The zero-order valence-electron chi connectivity index (χ0n) is 9.22. The number of aromatic nitrogens is 2. The van der Waals surface area contributed by atoms with Crippen molar-refractivity contribution in [2.45, 2.75) is 6.61 Å². The Balaban J connectivity index is 2.13. The molecule has 0 aliphatic carbocycles. The molecule has 2 N–H and O–H groups in total. The Bertz CT molecular complexity index is 513. The minimum Gasteiger partial charge on any atom is -0.471 e. The Morgan fingerprint density at radius 2 is 2.29 bits per heavy atom. The second kappa shape index (κ2) is 4.73. The average Bonchev–Trinajstić information content (AvgIpc) is 2.73. The number of nitrogens with one attached hydrogen (secondary N) is 1. The van der Waals surface area contributed by atoms with E-state index in [1.165, 1.54) is 18.3 Å². The monoisotopic (exact) mass is 237 g/mol. The highest BCUT2D eigenvalue weighted by Crippen LogP contribution is 2.20. The highest BCUT2D eigenvalue weighted by molar-refractivity contribution is 5.51. The van der Waals surface area contributed by atoms with Crippen LogP contribution in [0.1, 0.15) is 5.56 Å². The summed E-state index contributed by atoms with van der Waals surface area (Å²) in [6.07, 6.45) is 1.33. The van der Waals surface area contributed by atoms with E-state index in [0.29, 0.717) is 16.1 Å². The lowest BCUT2D eigenvalue weighted by molar-refractivity contribution is 0.141. The van der Waals surface area contributed by atoms with E-state index in [9.17, 15) is 4.39 Å². The third-order valence-corrected chi connectivity index (χ3v) is 2.30. The van der Waals surface area contributed by atoms with Crippen molar-refractivity contribution in [1.82, 2.24) is 9.94 Å². The molecule has 0 unspecified atom stereocenters. The van der Waals surface area contributed by atoms with E-state index in [1.54, 1.807) is 19.2 Å². The van der Waals surface area contributed by atoms with Gasteiger partial charge < -0.3 is 15.3 Å². The fourth-order valence-electron chi connectivity index (χ4n) is 1.46. The summed E-state index contributed by atoms with van der Waals surface area (Å²) in [5, 5.41) is 15.4. The van der Waals surface area contributed by atoms with Crippen molar-refractivity contribution in [2.75, 3.05) is 12.4 Å². The SMILES string of the molecule is CNc1cccc(F)c1COc1ccn(O)n1. The molecule has 0 saturated heterocycles. The predicted octanol–water partition coefficient (Wildman–Crippen LogP) is 1.88. The molecule has 0 fully saturated rings. The first-order valence-electron chi connectivity index (χ1n) is 5.03. The largest absolute Gasteiger partial charge is 0.471 e. The summed E-state index contributed by atoms with van der Waals surface area (Å²) >= 11 is 0. The minimum absolute atomic E-state index is 0.0415. The Kier molecular flexibility index (Phi) is 3.13. The first-order chi connectivity index (χ1) is 8.20. The molecule has 2 aromatic rings. The Morgan fingerprint density at radius 3 is 2.94 bits per heavy atom. The molecule has 1 heterocycles. The third-order valence-electron chi connectivity index (χ3n) is 2.30. The Labute approximate surface area is 97.4 Å². The smallest absolute Gasteiger partial charge is 0.236 e. The van der Waals surface area contributed by atoms with E-state index in [0.717, 1.165) is 0 Å². The van der Waals surface area contributed by atoms with Crippen molar-refractivity contribution >= 4 is 5.69 Å². The predicted molar refractivity (Wildman–Crippen MR) is 59.7 cm³/mol. The van der Waals surface area contributed by atoms with E-state index in [-0.39, 0.29) is 18.3 Å². The van der Waals surface area contributed by atoms with Crippen LogP contribution in [0.5, 0.6) is 5.88 Å². The second-order valence-corrected chi connectivity index (χ2v) is 3.38. The number of ether oxygens (including phenoxy) is 1. The van der Waals surface area contributed by atoms with Crippen LogP contribution < -0.4 is 10.1 Å². The first kappa shape index (κ1) is 11.3. The number of rotatable bonds is 4. The number of halogens is 1. The van der Waals surface area contributed by atoms with Gasteiger partial charge in [0, 0.05) is 24.4 Å². The van der Waals surface area contributed by atoms with E-state index >= 15 is 0 Å². The van der Waals surface area contributed by atoms with Crippen LogP contribution in [0.4, 0.5) is 10.1 Å². The zero-order chi connectivity index (χ0) is 12.3. The van der Waals surface area contributed by atoms with Crippen molar-refractivity contribution in [3.05, 3.63) is 41.8 Å². The van der Waals surface area contributed by atoms with Gasteiger partial charge in [-0.3, -0.25) is 0 Å². The minimum atomic E-state index is -0.347. The lowest BCUT2D eigenvalue weighted by Gasteiger charge is -2.10. The van der Waals surface area contributed by atoms with Gasteiger partial charge in [-0.1, -0.05) is 11.2 Å². The van der Waals surface area contributed by atoms with Gasteiger partial charge in [-0.15, -0.1) is 4.85 Å². The number of benzene rings is 1. The van der Waals surface area contributed by atoms with Crippen LogP contribution in [0.15, 0.2) is 30.5 Å². The van der Waals surface area contributed by atoms with Gasteiger partial charge in [0.05, 0.1) is 6.20 Å². The van der Waals surface area contributed by atoms with Crippen LogP contribution >= 0.6 is 0 Å². The zero-order valence-corrected chi connectivity index (χ0v) is 9.22. The number of anilines is 1. The molecule has 1 aromatic carbocycles. The molecular weight excluding hydrogens is 225 g/mol. The van der Waals surface area contributed by atoms with Crippen LogP contribution in [-0.2, 0) is 6.61 Å². The summed E-state index contributed by atoms with van der Waals surface area (Å²) in [6.45, 7) is 0.0415. The van der Waals surface area contributed by atoms with Crippen LogP contribution in [0, 0.1) is 5.82 Å². The van der Waals surface area contributed by atoms with Crippen LogP contribution in [-0.4, -0.2) is 22.2 Å².